The number of rotatable bonds is 6. The smallest absolute Gasteiger partial charge is 0.0938 e. The van der Waals surface area contributed by atoms with Gasteiger partial charge in [0.2, 0.25) is 0 Å². The molecule has 2 atom stereocenters. The molecule has 20 heavy (non-hydrogen) atoms. The second-order valence-corrected chi connectivity index (χ2v) is 6.92. The van der Waals surface area contributed by atoms with E-state index < -0.39 is 12.2 Å². The van der Waals surface area contributed by atoms with Crippen LogP contribution in [0.1, 0.15) is 51.9 Å². The van der Waals surface area contributed by atoms with Crippen LogP contribution in [0.5, 0.6) is 0 Å². The third-order valence-corrected chi connectivity index (χ3v) is 4.98. The topological polar surface area (TPSA) is 55.7 Å². The number of likely N-dealkylation sites (tertiary alicyclic amines) is 1. The second kappa shape index (κ2) is 7.74. The molecule has 1 aliphatic heterocycles. The van der Waals surface area contributed by atoms with Crippen LogP contribution in [0.3, 0.4) is 0 Å². The average Bonchev–Trinajstić information content (AvgIpc) is 2.63. The minimum absolute atomic E-state index is 0.343. The molecule has 0 aromatic carbocycles. The summed E-state index contributed by atoms with van der Waals surface area (Å²) >= 11 is 0. The Morgan fingerprint density at radius 2 is 1.65 bits per heavy atom. The van der Waals surface area contributed by atoms with E-state index in [1.165, 1.54) is 44.9 Å². The van der Waals surface area contributed by atoms with E-state index in [2.05, 4.69) is 17.1 Å². The summed E-state index contributed by atoms with van der Waals surface area (Å²) in [5, 5.41) is 23.1. The van der Waals surface area contributed by atoms with Gasteiger partial charge in [0.15, 0.2) is 0 Å². The molecule has 3 N–H and O–H groups in total. The average molecular weight is 284 g/mol. The van der Waals surface area contributed by atoms with E-state index in [0.717, 1.165) is 19.6 Å². The largest absolute Gasteiger partial charge is 0.389 e. The molecule has 2 rings (SSSR count). The monoisotopic (exact) mass is 284 g/mol. The minimum atomic E-state index is -0.554. The minimum Gasteiger partial charge on any atom is -0.389 e. The highest BCUT2D eigenvalue weighted by atomic mass is 16.3. The van der Waals surface area contributed by atoms with Crippen molar-refractivity contribution in [2.24, 2.45) is 5.41 Å². The lowest BCUT2D eigenvalue weighted by molar-refractivity contribution is 0.0572. The van der Waals surface area contributed by atoms with Gasteiger partial charge >= 0.3 is 0 Å². The zero-order chi connectivity index (χ0) is 14.4. The van der Waals surface area contributed by atoms with Crippen molar-refractivity contribution in [2.45, 2.75) is 64.1 Å². The summed E-state index contributed by atoms with van der Waals surface area (Å²) in [5.41, 5.74) is 0.343. The van der Waals surface area contributed by atoms with Crippen molar-refractivity contribution < 1.29 is 10.2 Å². The summed E-state index contributed by atoms with van der Waals surface area (Å²) in [4.78, 5) is 2.27. The van der Waals surface area contributed by atoms with E-state index >= 15 is 0 Å². The first-order chi connectivity index (χ1) is 9.65. The predicted molar refractivity (Wildman–Crippen MR) is 81.7 cm³/mol. The Morgan fingerprint density at radius 3 is 2.20 bits per heavy atom. The van der Waals surface area contributed by atoms with Gasteiger partial charge in [0.1, 0.15) is 0 Å². The van der Waals surface area contributed by atoms with E-state index in [-0.39, 0.29) is 0 Å². The van der Waals surface area contributed by atoms with Crippen LogP contribution in [-0.2, 0) is 0 Å². The van der Waals surface area contributed by atoms with Gasteiger partial charge in [0.05, 0.1) is 12.2 Å². The molecule has 1 aliphatic carbocycles. The molecule has 1 saturated carbocycles. The fraction of sp³-hybridized carbons (Fsp3) is 1.00. The number of nitrogens with zero attached hydrogens (tertiary/aromatic N) is 1. The zero-order valence-electron chi connectivity index (χ0n) is 13.0. The highest BCUT2D eigenvalue weighted by Gasteiger charge is 2.37. The van der Waals surface area contributed by atoms with Gasteiger partial charge in [-0.2, -0.15) is 0 Å². The fourth-order valence-corrected chi connectivity index (χ4v) is 3.85. The lowest BCUT2D eigenvalue weighted by atomic mass is 9.79. The maximum absolute atomic E-state index is 9.74. The SMILES string of the molecule is CCCNCC1(CN2CC(O)C(O)C2)CCCCCC1. The molecular weight excluding hydrogens is 252 g/mol. The number of hydrogen-bond acceptors (Lipinski definition) is 4. The molecule has 2 fully saturated rings. The summed E-state index contributed by atoms with van der Waals surface area (Å²) in [6.07, 6.45) is 8.01. The summed E-state index contributed by atoms with van der Waals surface area (Å²) in [7, 11) is 0. The first-order valence-electron chi connectivity index (χ1n) is 8.44. The first-order valence-corrected chi connectivity index (χ1v) is 8.44. The lowest BCUT2D eigenvalue weighted by Gasteiger charge is -2.37. The molecule has 2 aliphatic rings. The van der Waals surface area contributed by atoms with E-state index in [1.54, 1.807) is 0 Å². The summed E-state index contributed by atoms with van der Waals surface area (Å²) in [6, 6.07) is 0. The van der Waals surface area contributed by atoms with Gasteiger partial charge in [0, 0.05) is 26.2 Å². The zero-order valence-corrected chi connectivity index (χ0v) is 13.0. The maximum Gasteiger partial charge on any atom is 0.0938 e. The molecule has 4 nitrogen and oxygen atoms in total. The Morgan fingerprint density at radius 1 is 1.05 bits per heavy atom. The van der Waals surface area contributed by atoms with E-state index in [4.69, 9.17) is 0 Å². The van der Waals surface area contributed by atoms with Crippen LogP contribution in [0.4, 0.5) is 0 Å². The van der Waals surface area contributed by atoms with Gasteiger partial charge in [-0.15, -0.1) is 0 Å². The number of hydrogen-bond donors (Lipinski definition) is 3. The normalized spacial score (nSPS) is 31.4. The molecule has 0 aromatic rings. The Kier molecular flexibility index (Phi) is 6.27. The molecular formula is C16H32N2O2. The summed E-state index contributed by atoms with van der Waals surface area (Å²) in [6.45, 7) is 6.68. The van der Waals surface area contributed by atoms with E-state index in [0.29, 0.717) is 18.5 Å². The molecule has 0 radical (unpaired) electrons. The van der Waals surface area contributed by atoms with E-state index in [1.807, 2.05) is 0 Å². The van der Waals surface area contributed by atoms with Crippen molar-refractivity contribution in [3.05, 3.63) is 0 Å². The third-order valence-electron chi connectivity index (χ3n) is 4.98. The van der Waals surface area contributed by atoms with Gasteiger partial charge in [0.25, 0.3) is 0 Å². The van der Waals surface area contributed by atoms with Crippen LogP contribution in [0.2, 0.25) is 0 Å². The molecule has 4 heteroatoms. The molecule has 0 amide bonds. The quantitative estimate of drug-likeness (QED) is 0.509. The first kappa shape index (κ1) is 16.2. The fourth-order valence-electron chi connectivity index (χ4n) is 3.85. The van der Waals surface area contributed by atoms with Crippen molar-refractivity contribution in [2.75, 3.05) is 32.7 Å². The number of aliphatic hydroxyl groups is 2. The van der Waals surface area contributed by atoms with Crippen molar-refractivity contribution in [1.82, 2.24) is 10.2 Å². The molecule has 0 bridgehead atoms. The van der Waals surface area contributed by atoms with Gasteiger partial charge in [-0.3, -0.25) is 4.90 Å². The Labute approximate surface area is 123 Å². The van der Waals surface area contributed by atoms with Crippen LogP contribution < -0.4 is 5.32 Å². The molecule has 1 heterocycles. The lowest BCUT2D eigenvalue weighted by Crippen LogP contribution is -2.44. The highest BCUT2D eigenvalue weighted by Crippen LogP contribution is 2.36. The summed E-state index contributed by atoms with van der Waals surface area (Å²) in [5.74, 6) is 0. The molecule has 118 valence electrons. The van der Waals surface area contributed by atoms with E-state index in [9.17, 15) is 10.2 Å². The van der Waals surface area contributed by atoms with Crippen LogP contribution >= 0.6 is 0 Å². The van der Waals surface area contributed by atoms with Gasteiger partial charge in [-0.1, -0.05) is 32.6 Å². The van der Waals surface area contributed by atoms with Gasteiger partial charge < -0.3 is 15.5 Å². The maximum atomic E-state index is 9.74. The Balaban J connectivity index is 1.94. The van der Waals surface area contributed by atoms with Crippen molar-refractivity contribution >= 4 is 0 Å². The van der Waals surface area contributed by atoms with Crippen LogP contribution in [0, 0.1) is 5.41 Å². The molecule has 2 unspecified atom stereocenters. The predicted octanol–water partition coefficient (Wildman–Crippen LogP) is 1.36. The van der Waals surface area contributed by atoms with Crippen LogP contribution in [-0.4, -0.2) is 60.0 Å². The second-order valence-electron chi connectivity index (χ2n) is 6.92. The molecule has 0 spiro atoms. The van der Waals surface area contributed by atoms with Gasteiger partial charge in [-0.25, -0.2) is 0 Å². The summed E-state index contributed by atoms with van der Waals surface area (Å²) < 4.78 is 0. The van der Waals surface area contributed by atoms with Crippen molar-refractivity contribution in [1.29, 1.82) is 0 Å². The van der Waals surface area contributed by atoms with Gasteiger partial charge in [-0.05, 0) is 31.2 Å². The Hall–Kier alpha value is -0.160. The number of β-amino-alcohol motifs (C(OH)–C–C–N with tert-alkyl or cyclic N) is 2. The standard InChI is InChI=1S/C16H32N2O2/c1-2-9-17-12-16(7-5-3-4-6-8-16)13-18-10-14(19)15(20)11-18/h14-15,17,19-20H,2-13H2,1H3. The van der Waals surface area contributed by atoms with Crippen LogP contribution in [0.15, 0.2) is 0 Å². The number of nitrogens with one attached hydrogen (secondary N) is 1. The third kappa shape index (κ3) is 4.42. The molecule has 1 saturated heterocycles. The van der Waals surface area contributed by atoms with Crippen molar-refractivity contribution in [3.63, 3.8) is 0 Å². The molecule has 0 aromatic heterocycles. The van der Waals surface area contributed by atoms with Crippen LogP contribution in [0.25, 0.3) is 0 Å². The Bertz CT molecular complexity index is 268. The highest BCUT2D eigenvalue weighted by molar-refractivity contribution is 4.91. The van der Waals surface area contributed by atoms with Crippen molar-refractivity contribution in [3.8, 4) is 0 Å². The number of aliphatic hydroxyl groups excluding tert-OH is 2.